The zero-order valence-corrected chi connectivity index (χ0v) is 9.52. The molecule has 5 nitrogen and oxygen atoms in total. The van der Waals surface area contributed by atoms with Crippen molar-refractivity contribution in [1.29, 1.82) is 0 Å². The molecule has 1 aliphatic carbocycles. The molecule has 1 aliphatic rings. The number of ether oxygens (including phenoxy) is 1. The Morgan fingerprint density at radius 1 is 1.19 bits per heavy atom. The predicted octanol–water partition coefficient (Wildman–Crippen LogP) is 1.60. The fraction of sp³-hybridized carbons (Fsp3) is 0.636. The lowest BCUT2D eigenvalue weighted by atomic mass is 9.89. The topological polar surface area (TPSA) is 87.0 Å². The molecule has 1 saturated carbocycles. The quantitative estimate of drug-likeness (QED) is 0.793. The van der Waals surface area contributed by atoms with Gasteiger partial charge in [0.05, 0.1) is 0 Å². The van der Waals surface area contributed by atoms with Crippen molar-refractivity contribution in [3.63, 3.8) is 0 Å². The molecule has 0 unspecified atom stereocenters. The zero-order chi connectivity index (χ0) is 11.5. The van der Waals surface area contributed by atoms with Crippen LogP contribution in [0, 0.1) is 5.92 Å². The van der Waals surface area contributed by atoms with Crippen LogP contribution < -0.4 is 16.2 Å². The molecular formula is C11H18N4O. The summed E-state index contributed by atoms with van der Waals surface area (Å²) in [6, 6.07) is 1.62. The average Bonchev–Trinajstić information content (AvgIpc) is 2.20. The summed E-state index contributed by atoms with van der Waals surface area (Å²) in [6.45, 7) is 2.27. The Kier molecular flexibility index (Phi) is 3.12. The number of hydrogen-bond acceptors (Lipinski definition) is 5. The molecule has 4 N–H and O–H groups in total. The maximum absolute atomic E-state index is 5.75. The minimum atomic E-state index is 0.166. The predicted molar refractivity (Wildman–Crippen MR) is 62.9 cm³/mol. The summed E-state index contributed by atoms with van der Waals surface area (Å²) in [4.78, 5) is 7.82. The number of anilines is 2. The molecule has 0 amide bonds. The van der Waals surface area contributed by atoms with Gasteiger partial charge >= 0.3 is 0 Å². The Morgan fingerprint density at radius 2 is 1.88 bits per heavy atom. The molecule has 1 aromatic heterocycles. The van der Waals surface area contributed by atoms with Crippen molar-refractivity contribution < 1.29 is 4.74 Å². The Morgan fingerprint density at radius 3 is 2.50 bits per heavy atom. The van der Waals surface area contributed by atoms with E-state index in [2.05, 4.69) is 16.9 Å². The molecular weight excluding hydrogens is 204 g/mol. The monoisotopic (exact) mass is 222 g/mol. The van der Waals surface area contributed by atoms with Gasteiger partial charge in [0.1, 0.15) is 11.9 Å². The molecule has 1 fully saturated rings. The number of nitrogen functional groups attached to an aromatic ring is 2. The van der Waals surface area contributed by atoms with E-state index in [0.29, 0.717) is 11.7 Å². The first-order valence-corrected chi connectivity index (χ1v) is 5.70. The molecule has 88 valence electrons. The molecule has 1 aromatic rings. The summed E-state index contributed by atoms with van der Waals surface area (Å²) in [5, 5.41) is 0. The van der Waals surface area contributed by atoms with E-state index >= 15 is 0 Å². The zero-order valence-electron chi connectivity index (χ0n) is 9.52. The Bertz CT molecular complexity index is 341. The molecule has 5 heteroatoms. The van der Waals surface area contributed by atoms with Crippen molar-refractivity contribution in [2.45, 2.75) is 38.7 Å². The second kappa shape index (κ2) is 4.55. The average molecular weight is 222 g/mol. The first kappa shape index (κ1) is 11.0. The third-order valence-electron chi connectivity index (χ3n) is 2.99. The summed E-state index contributed by atoms with van der Waals surface area (Å²) in [6.07, 6.45) is 4.81. The molecule has 0 radical (unpaired) electrons. The largest absolute Gasteiger partial charge is 0.474 e. The fourth-order valence-corrected chi connectivity index (χ4v) is 2.04. The van der Waals surface area contributed by atoms with Gasteiger partial charge in [0.25, 0.3) is 0 Å². The van der Waals surface area contributed by atoms with Crippen LogP contribution in [0.5, 0.6) is 5.88 Å². The van der Waals surface area contributed by atoms with E-state index in [1.807, 2.05) is 0 Å². The summed E-state index contributed by atoms with van der Waals surface area (Å²) in [5.41, 5.74) is 11.1. The van der Waals surface area contributed by atoms with E-state index in [-0.39, 0.29) is 12.1 Å². The number of hydrogen-bond donors (Lipinski definition) is 2. The molecule has 16 heavy (non-hydrogen) atoms. The molecule has 0 saturated heterocycles. The molecule has 0 spiro atoms. The smallest absolute Gasteiger partial charge is 0.225 e. The van der Waals surface area contributed by atoms with Gasteiger partial charge in [-0.25, -0.2) is 0 Å². The second-order valence-corrected chi connectivity index (χ2v) is 4.49. The van der Waals surface area contributed by atoms with Gasteiger partial charge in [0, 0.05) is 6.07 Å². The molecule has 0 aliphatic heterocycles. The molecule has 1 heterocycles. The van der Waals surface area contributed by atoms with Gasteiger partial charge in [-0.1, -0.05) is 6.92 Å². The second-order valence-electron chi connectivity index (χ2n) is 4.49. The van der Waals surface area contributed by atoms with Crippen LogP contribution in [-0.2, 0) is 0 Å². The van der Waals surface area contributed by atoms with Crippen molar-refractivity contribution in [1.82, 2.24) is 9.97 Å². The van der Waals surface area contributed by atoms with Crippen LogP contribution in [0.15, 0.2) is 6.07 Å². The van der Waals surface area contributed by atoms with Crippen LogP contribution in [-0.4, -0.2) is 16.1 Å². The van der Waals surface area contributed by atoms with Crippen LogP contribution in [0.3, 0.4) is 0 Å². The van der Waals surface area contributed by atoms with Crippen LogP contribution in [0.1, 0.15) is 32.6 Å². The van der Waals surface area contributed by atoms with Crippen LogP contribution in [0.25, 0.3) is 0 Å². The first-order chi connectivity index (χ1) is 7.63. The summed E-state index contributed by atoms with van der Waals surface area (Å²) in [5.74, 6) is 1.82. The third kappa shape index (κ3) is 2.74. The first-order valence-electron chi connectivity index (χ1n) is 5.70. The van der Waals surface area contributed by atoms with Gasteiger partial charge in [-0.2, -0.15) is 9.97 Å². The third-order valence-corrected chi connectivity index (χ3v) is 2.99. The number of nitrogens with zero attached hydrogens (tertiary/aromatic N) is 2. The van der Waals surface area contributed by atoms with Crippen molar-refractivity contribution in [2.24, 2.45) is 5.92 Å². The normalized spacial score (nSPS) is 25.3. The van der Waals surface area contributed by atoms with Crippen LogP contribution in [0.4, 0.5) is 11.8 Å². The maximum atomic E-state index is 5.75. The van der Waals surface area contributed by atoms with E-state index in [1.54, 1.807) is 6.07 Å². The van der Waals surface area contributed by atoms with E-state index in [9.17, 15) is 0 Å². The highest BCUT2D eigenvalue weighted by Gasteiger charge is 2.20. The van der Waals surface area contributed by atoms with Crippen LogP contribution >= 0.6 is 0 Å². The lowest BCUT2D eigenvalue weighted by molar-refractivity contribution is 0.130. The molecule has 0 atom stereocenters. The summed E-state index contributed by atoms with van der Waals surface area (Å²) in [7, 11) is 0. The minimum Gasteiger partial charge on any atom is -0.474 e. The van der Waals surface area contributed by atoms with E-state index in [4.69, 9.17) is 16.2 Å². The fourth-order valence-electron chi connectivity index (χ4n) is 2.04. The molecule has 0 aromatic carbocycles. The highest BCUT2D eigenvalue weighted by Crippen LogP contribution is 2.26. The van der Waals surface area contributed by atoms with Gasteiger partial charge in [0.2, 0.25) is 11.8 Å². The number of aromatic nitrogens is 2. The van der Waals surface area contributed by atoms with E-state index in [0.717, 1.165) is 18.8 Å². The van der Waals surface area contributed by atoms with E-state index < -0.39 is 0 Å². The van der Waals surface area contributed by atoms with Gasteiger partial charge in [-0.15, -0.1) is 0 Å². The van der Waals surface area contributed by atoms with E-state index in [1.165, 1.54) is 12.8 Å². The number of nitrogens with two attached hydrogens (primary N) is 2. The lowest BCUT2D eigenvalue weighted by Gasteiger charge is -2.26. The SMILES string of the molecule is CC1CCC(Oc2cc(N)nc(N)n2)CC1. The van der Waals surface area contributed by atoms with Crippen molar-refractivity contribution in [3.8, 4) is 5.88 Å². The van der Waals surface area contributed by atoms with Gasteiger partial charge < -0.3 is 16.2 Å². The van der Waals surface area contributed by atoms with Gasteiger partial charge in [-0.3, -0.25) is 0 Å². The summed E-state index contributed by atoms with van der Waals surface area (Å²) >= 11 is 0. The Balaban J connectivity index is 1.98. The maximum Gasteiger partial charge on any atom is 0.225 e. The van der Waals surface area contributed by atoms with Crippen LogP contribution in [0.2, 0.25) is 0 Å². The van der Waals surface area contributed by atoms with Crippen molar-refractivity contribution in [3.05, 3.63) is 6.07 Å². The number of rotatable bonds is 2. The van der Waals surface area contributed by atoms with Crippen molar-refractivity contribution in [2.75, 3.05) is 11.5 Å². The van der Waals surface area contributed by atoms with Gasteiger partial charge in [-0.05, 0) is 31.6 Å². The standard InChI is InChI=1S/C11H18N4O/c1-7-2-4-8(5-3-7)16-10-6-9(12)14-11(13)15-10/h6-8H,2-5H2,1H3,(H4,12,13,14,15). The lowest BCUT2D eigenvalue weighted by Crippen LogP contribution is -2.23. The molecule has 2 rings (SSSR count). The highest BCUT2D eigenvalue weighted by molar-refractivity contribution is 5.38. The minimum absolute atomic E-state index is 0.166. The molecule has 0 bridgehead atoms. The van der Waals surface area contributed by atoms with Gasteiger partial charge in [0.15, 0.2) is 0 Å². The highest BCUT2D eigenvalue weighted by atomic mass is 16.5. The Hall–Kier alpha value is -1.52. The summed E-state index contributed by atoms with van der Waals surface area (Å²) < 4.78 is 5.75. The Labute approximate surface area is 95.2 Å². The van der Waals surface area contributed by atoms with Crippen molar-refractivity contribution >= 4 is 11.8 Å².